The molecule has 0 aromatic heterocycles. The third-order valence-electron chi connectivity index (χ3n) is 4.91. The zero-order chi connectivity index (χ0) is 15.4. The van der Waals surface area contributed by atoms with E-state index in [-0.39, 0.29) is 0 Å². The van der Waals surface area contributed by atoms with Crippen LogP contribution in [0.15, 0.2) is 60.7 Å². The first-order chi connectivity index (χ1) is 10.8. The molecule has 1 aliphatic heterocycles. The molecule has 3 rings (SSSR count). The molecular formula is C20H26N2. The standard InChI is InChI=1S/C20H26N2/c1-15-13-21-20(18-11-7-4-8-12-18)16(2)19(15)22-14-17-9-5-3-6-10-17/h3-12,15-16,19-22H,13-14H2,1-2H3/t15-,16+,19-,20+/m1/s1. The van der Waals surface area contributed by atoms with E-state index in [4.69, 9.17) is 0 Å². The molecule has 2 heteroatoms. The van der Waals surface area contributed by atoms with E-state index in [1.807, 2.05) is 0 Å². The van der Waals surface area contributed by atoms with E-state index in [9.17, 15) is 0 Å². The van der Waals surface area contributed by atoms with Crippen LogP contribution < -0.4 is 10.6 Å². The number of rotatable bonds is 4. The van der Waals surface area contributed by atoms with Gasteiger partial charge in [-0.05, 0) is 29.5 Å². The van der Waals surface area contributed by atoms with Gasteiger partial charge in [0.2, 0.25) is 0 Å². The minimum atomic E-state index is 0.436. The number of piperidine rings is 1. The lowest BCUT2D eigenvalue weighted by molar-refractivity contribution is 0.172. The van der Waals surface area contributed by atoms with E-state index in [1.54, 1.807) is 0 Å². The number of hydrogen-bond donors (Lipinski definition) is 2. The van der Waals surface area contributed by atoms with Crippen molar-refractivity contribution in [2.45, 2.75) is 32.5 Å². The van der Waals surface area contributed by atoms with Crippen molar-refractivity contribution in [1.29, 1.82) is 0 Å². The molecule has 0 aliphatic carbocycles. The van der Waals surface area contributed by atoms with E-state index >= 15 is 0 Å². The SMILES string of the molecule is C[C@H]1[C@H](NCc2ccccc2)[C@H](C)CN[C@@H]1c1ccccc1. The Bertz CT molecular complexity index is 567. The minimum absolute atomic E-state index is 0.436. The van der Waals surface area contributed by atoms with Crippen LogP contribution in [0.5, 0.6) is 0 Å². The molecule has 1 aliphatic rings. The monoisotopic (exact) mass is 294 g/mol. The molecule has 0 amide bonds. The zero-order valence-corrected chi connectivity index (χ0v) is 13.5. The predicted octanol–water partition coefficient (Wildman–Crippen LogP) is 3.76. The molecule has 1 heterocycles. The van der Waals surface area contributed by atoms with Gasteiger partial charge in [-0.15, -0.1) is 0 Å². The lowest BCUT2D eigenvalue weighted by Crippen LogP contribution is -2.53. The van der Waals surface area contributed by atoms with Crippen molar-refractivity contribution in [3.63, 3.8) is 0 Å². The Morgan fingerprint density at radius 3 is 2.27 bits per heavy atom. The van der Waals surface area contributed by atoms with Gasteiger partial charge in [0, 0.05) is 18.6 Å². The molecular weight excluding hydrogens is 268 g/mol. The third-order valence-corrected chi connectivity index (χ3v) is 4.91. The average molecular weight is 294 g/mol. The van der Waals surface area contributed by atoms with Gasteiger partial charge in [-0.1, -0.05) is 74.5 Å². The second kappa shape index (κ2) is 7.08. The molecule has 4 atom stereocenters. The van der Waals surface area contributed by atoms with E-state index in [0.717, 1.165) is 13.1 Å². The molecule has 0 bridgehead atoms. The molecule has 116 valence electrons. The van der Waals surface area contributed by atoms with E-state index in [1.165, 1.54) is 11.1 Å². The molecule has 0 radical (unpaired) electrons. The Morgan fingerprint density at radius 2 is 1.59 bits per heavy atom. The fourth-order valence-electron chi connectivity index (χ4n) is 3.65. The third kappa shape index (κ3) is 3.40. The summed E-state index contributed by atoms with van der Waals surface area (Å²) >= 11 is 0. The Kier molecular flexibility index (Phi) is 4.91. The largest absolute Gasteiger partial charge is 0.309 e. The highest BCUT2D eigenvalue weighted by Crippen LogP contribution is 2.31. The summed E-state index contributed by atoms with van der Waals surface area (Å²) < 4.78 is 0. The Balaban J connectivity index is 1.69. The first-order valence-corrected chi connectivity index (χ1v) is 8.31. The van der Waals surface area contributed by atoms with Crippen LogP contribution in [-0.4, -0.2) is 12.6 Å². The normalized spacial score (nSPS) is 28.5. The molecule has 1 fully saturated rings. The van der Waals surface area contributed by atoms with Crippen LogP contribution in [0.1, 0.15) is 31.0 Å². The zero-order valence-electron chi connectivity index (χ0n) is 13.5. The summed E-state index contributed by atoms with van der Waals surface area (Å²) in [5.74, 6) is 1.20. The Morgan fingerprint density at radius 1 is 0.955 bits per heavy atom. The topological polar surface area (TPSA) is 24.1 Å². The maximum absolute atomic E-state index is 3.80. The van der Waals surface area contributed by atoms with Crippen molar-refractivity contribution in [2.75, 3.05) is 6.54 Å². The smallest absolute Gasteiger partial charge is 0.0361 e. The molecule has 2 aromatic rings. The molecule has 0 saturated carbocycles. The van der Waals surface area contributed by atoms with Crippen LogP contribution in [-0.2, 0) is 6.54 Å². The highest BCUT2D eigenvalue weighted by Gasteiger charge is 2.34. The van der Waals surface area contributed by atoms with Gasteiger partial charge in [-0.25, -0.2) is 0 Å². The quantitative estimate of drug-likeness (QED) is 0.897. The predicted molar refractivity (Wildman–Crippen MR) is 92.6 cm³/mol. The number of hydrogen-bond acceptors (Lipinski definition) is 2. The molecule has 2 N–H and O–H groups in total. The van der Waals surface area contributed by atoms with Crippen molar-refractivity contribution >= 4 is 0 Å². The van der Waals surface area contributed by atoms with Gasteiger partial charge >= 0.3 is 0 Å². The highest BCUT2D eigenvalue weighted by atomic mass is 15.0. The summed E-state index contributed by atoms with van der Waals surface area (Å²) in [4.78, 5) is 0. The maximum atomic E-state index is 3.80. The van der Waals surface area contributed by atoms with Crippen molar-refractivity contribution < 1.29 is 0 Å². The van der Waals surface area contributed by atoms with Crippen molar-refractivity contribution in [1.82, 2.24) is 10.6 Å². The second-order valence-corrected chi connectivity index (χ2v) is 6.53. The van der Waals surface area contributed by atoms with Crippen LogP contribution in [0.2, 0.25) is 0 Å². The summed E-state index contributed by atoms with van der Waals surface area (Å²) in [6, 6.07) is 22.5. The van der Waals surface area contributed by atoms with Gasteiger partial charge < -0.3 is 10.6 Å². The van der Waals surface area contributed by atoms with Crippen molar-refractivity contribution in [3.8, 4) is 0 Å². The molecule has 1 saturated heterocycles. The first-order valence-electron chi connectivity index (χ1n) is 8.31. The fraction of sp³-hybridized carbons (Fsp3) is 0.400. The molecule has 0 unspecified atom stereocenters. The lowest BCUT2D eigenvalue weighted by atomic mass is 9.79. The summed E-state index contributed by atoms with van der Waals surface area (Å²) in [6.45, 7) is 6.72. The summed E-state index contributed by atoms with van der Waals surface area (Å²) in [7, 11) is 0. The summed E-state index contributed by atoms with van der Waals surface area (Å²) in [5.41, 5.74) is 2.75. The van der Waals surface area contributed by atoms with Crippen LogP contribution in [0.4, 0.5) is 0 Å². The second-order valence-electron chi connectivity index (χ2n) is 6.53. The molecule has 0 spiro atoms. The summed E-state index contributed by atoms with van der Waals surface area (Å²) in [5, 5.41) is 7.52. The lowest BCUT2D eigenvalue weighted by Gasteiger charge is -2.42. The van der Waals surface area contributed by atoms with Gasteiger partial charge in [-0.2, -0.15) is 0 Å². The molecule has 22 heavy (non-hydrogen) atoms. The van der Waals surface area contributed by atoms with Gasteiger partial charge in [0.05, 0.1) is 0 Å². The fourth-order valence-corrected chi connectivity index (χ4v) is 3.65. The van der Waals surface area contributed by atoms with Crippen LogP contribution in [0.25, 0.3) is 0 Å². The van der Waals surface area contributed by atoms with Crippen LogP contribution in [0, 0.1) is 11.8 Å². The van der Waals surface area contributed by atoms with E-state index < -0.39 is 0 Å². The summed E-state index contributed by atoms with van der Waals surface area (Å²) in [6.07, 6.45) is 0. The first kappa shape index (κ1) is 15.3. The van der Waals surface area contributed by atoms with Crippen LogP contribution in [0.3, 0.4) is 0 Å². The van der Waals surface area contributed by atoms with Crippen molar-refractivity contribution in [3.05, 3.63) is 71.8 Å². The number of benzene rings is 2. The van der Waals surface area contributed by atoms with E-state index in [0.29, 0.717) is 23.9 Å². The van der Waals surface area contributed by atoms with Crippen molar-refractivity contribution in [2.24, 2.45) is 11.8 Å². The molecule has 2 nitrogen and oxygen atoms in total. The maximum Gasteiger partial charge on any atom is 0.0361 e. The number of nitrogens with one attached hydrogen (secondary N) is 2. The van der Waals surface area contributed by atoms with E-state index in [2.05, 4.69) is 85.1 Å². The Labute approximate surface area is 134 Å². The van der Waals surface area contributed by atoms with Gasteiger partial charge in [0.1, 0.15) is 0 Å². The van der Waals surface area contributed by atoms with Crippen LogP contribution >= 0.6 is 0 Å². The van der Waals surface area contributed by atoms with Gasteiger partial charge in [-0.3, -0.25) is 0 Å². The van der Waals surface area contributed by atoms with Gasteiger partial charge in [0.15, 0.2) is 0 Å². The molecule has 2 aromatic carbocycles. The highest BCUT2D eigenvalue weighted by molar-refractivity contribution is 5.21. The Hall–Kier alpha value is -1.64. The van der Waals surface area contributed by atoms with Gasteiger partial charge in [0.25, 0.3) is 0 Å². The minimum Gasteiger partial charge on any atom is -0.309 e. The average Bonchev–Trinajstić information content (AvgIpc) is 2.56.